The largest absolute Gasteiger partial charge is 0.462 e. The number of nitrogens with zero attached hydrogens (tertiary/aromatic N) is 1. The van der Waals surface area contributed by atoms with Gasteiger partial charge in [-0.05, 0) is 67.6 Å². The van der Waals surface area contributed by atoms with Gasteiger partial charge in [-0.2, -0.15) is 0 Å². The second kappa shape index (κ2) is 5.34. The van der Waals surface area contributed by atoms with Crippen LogP contribution < -0.4 is 0 Å². The van der Waals surface area contributed by atoms with E-state index < -0.39 is 0 Å². The number of carbonyl (C=O) groups excluding carboxylic acids is 1. The van der Waals surface area contributed by atoms with Crippen LogP contribution in [0.5, 0.6) is 0 Å². The van der Waals surface area contributed by atoms with Crippen molar-refractivity contribution < 1.29 is 14.7 Å². The first-order valence-corrected chi connectivity index (χ1v) is 9.46. The molecule has 0 aromatic heterocycles. The van der Waals surface area contributed by atoms with Crippen molar-refractivity contribution >= 4 is 12.2 Å². The van der Waals surface area contributed by atoms with Crippen molar-refractivity contribution in [1.82, 2.24) is 0 Å². The molecule has 2 bridgehead atoms. The van der Waals surface area contributed by atoms with Crippen LogP contribution in [0.25, 0.3) is 0 Å². The number of hydrogen-bond donors (Lipinski definition) is 1. The van der Waals surface area contributed by atoms with Crippen LogP contribution >= 0.6 is 0 Å². The van der Waals surface area contributed by atoms with Gasteiger partial charge in [0.15, 0.2) is 0 Å². The van der Waals surface area contributed by atoms with Gasteiger partial charge in [-0.15, -0.1) is 5.16 Å². The lowest BCUT2D eigenvalue weighted by atomic mass is 9.50. The van der Waals surface area contributed by atoms with E-state index in [1.54, 1.807) is 6.21 Å². The van der Waals surface area contributed by atoms with Crippen LogP contribution in [-0.4, -0.2) is 23.5 Å². The summed E-state index contributed by atoms with van der Waals surface area (Å²) in [6, 6.07) is 0. The van der Waals surface area contributed by atoms with E-state index in [4.69, 9.17) is 4.74 Å². The van der Waals surface area contributed by atoms with Crippen LogP contribution in [-0.2, 0) is 9.53 Å². The van der Waals surface area contributed by atoms with Crippen LogP contribution in [0.15, 0.2) is 17.3 Å². The number of hydrogen-bond acceptors (Lipinski definition) is 4. The molecule has 0 aromatic carbocycles. The minimum absolute atomic E-state index is 0.00357. The lowest BCUT2D eigenvalue weighted by Crippen LogP contribution is -2.50. The van der Waals surface area contributed by atoms with Crippen molar-refractivity contribution in [2.24, 2.45) is 39.7 Å². The van der Waals surface area contributed by atoms with Crippen LogP contribution in [0.2, 0.25) is 0 Å². The van der Waals surface area contributed by atoms with Gasteiger partial charge in [0.05, 0.1) is 5.92 Å². The third kappa shape index (κ3) is 2.04. The van der Waals surface area contributed by atoms with Gasteiger partial charge in [0.2, 0.25) is 0 Å². The average Bonchev–Trinajstić information content (AvgIpc) is 3.03. The molecule has 132 valence electrons. The molecule has 3 saturated carbocycles. The lowest BCUT2D eigenvalue weighted by molar-refractivity contribution is -0.146. The van der Waals surface area contributed by atoms with E-state index in [0.29, 0.717) is 11.8 Å². The second-order valence-electron chi connectivity index (χ2n) is 9.04. The molecule has 1 saturated heterocycles. The fourth-order valence-corrected chi connectivity index (χ4v) is 6.62. The molecule has 4 nitrogen and oxygen atoms in total. The zero-order valence-corrected chi connectivity index (χ0v) is 14.8. The Balaban J connectivity index is 1.70. The highest BCUT2D eigenvalue weighted by atomic mass is 16.6. The van der Waals surface area contributed by atoms with Crippen molar-refractivity contribution in [2.45, 2.75) is 64.9 Å². The topological polar surface area (TPSA) is 58.9 Å². The maximum Gasteiger partial charge on any atom is 0.309 e. The van der Waals surface area contributed by atoms with Crippen molar-refractivity contribution in [3.05, 3.63) is 12.2 Å². The van der Waals surface area contributed by atoms with E-state index in [2.05, 4.69) is 25.6 Å². The minimum atomic E-state index is -0.0405. The standard InChI is InChI=1S/C20H29NO3/c1-12-4-5-15-14(11-21-23)16(7-9-19(12,15)2)20(3)8-6-13-10-17(20)18(22)24-13/h11,13-17,23H,1,4-10H2,2-3H3/t13-,14-,15-,16-,17+,19+,20+/m0/s1. The van der Waals surface area contributed by atoms with Crippen molar-refractivity contribution in [3.63, 3.8) is 0 Å². The van der Waals surface area contributed by atoms with Gasteiger partial charge in [0, 0.05) is 12.1 Å². The molecule has 4 heteroatoms. The minimum Gasteiger partial charge on any atom is -0.462 e. The number of ether oxygens (including phenoxy) is 1. The summed E-state index contributed by atoms with van der Waals surface area (Å²) in [5.74, 6) is 1.11. The molecule has 0 amide bonds. The first-order chi connectivity index (χ1) is 11.4. The Hall–Kier alpha value is -1.32. The molecule has 0 radical (unpaired) electrons. The zero-order valence-electron chi connectivity index (χ0n) is 14.8. The molecule has 4 aliphatic rings. The summed E-state index contributed by atoms with van der Waals surface area (Å²) >= 11 is 0. The molecule has 1 aliphatic heterocycles. The Morgan fingerprint density at radius 2 is 2.04 bits per heavy atom. The van der Waals surface area contributed by atoms with E-state index in [0.717, 1.165) is 44.9 Å². The van der Waals surface area contributed by atoms with Gasteiger partial charge in [0.1, 0.15) is 6.10 Å². The highest BCUT2D eigenvalue weighted by Crippen LogP contribution is 2.64. The molecule has 4 rings (SSSR count). The Morgan fingerprint density at radius 1 is 1.25 bits per heavy atom. The van der Waals surface area contributed by atoms with Crippen LogP contribution in [0.4, 0.5) is 0 Å². The van der Waals surface area contributed by atoms with E-state index in [-0.39, 0.29) is 34.7 Å². The molecule has 4 fully saturated rings. The Morgan fingerprint density at radius 3 is 2.79 bits per heavy atom. The van der Waals surface area contributed by atoms with Gasteiger partial charge in [-0.1, -0.05) is 26.0 Å². The molecular formula is C20H29NO3. The number of rotatable bonds is 2. The predicted octanol–water partition coefficient (Wildman–Crippen LogP) is 4.18. The number of fused-ring (bicyclic) bond motifs is 3. The normalized spacial score (nSPS) is 51.0. The predicted molar refractivity (Wildman–Crippen MR) is 91.8 cm³/mol. The van der Waals surface area contributed by atoms with Crippen molar-refractivity contribution in [1.29, 1.82) is 0 Å². The molecular weight excluding hydrogens is 302 g/mol. The maximum atomic E-state index is 12.4. The summed E-state index contributed by atoms with van der Waals surface area (Å²) in [7, 11) is 0. The van der Waals surface area contributed by atoms with Gasteiger partial charge in [0.25, 0.3) is 0 Å². The molecule has 0 spiro atoms. The van der Waals surface area contributed by atoms with Gasteiger partial charge in [-0.25, -0.2) is 0 Å². The SMILES string of the molecule is C=C1CC[C@H]2[C@H](C=NO)[C@@H]([C@@]3(C)CC[C@H]4C[C@@H]3C(=O)O4)CC[C@]12C. The first kappa shape index (κ1) is 16.2. The summed E-state index contributed by atoms with van der Waals surface area (Å²) in [6.45, 7) is 8.95. The zero-order chi connectivity index (χ0) is 17.1. The smallest absolute Gasteiger partial charge is 0.309 e. The summed E-state index contributed by atoms with van der Waals surface area (Å²) < 4.78 is 5.55. The van der Waals surface area contributed by atoms with Gasteiger partial charge >= 0.3 is 5.97 Å². The molecule has 7 atom stereocenters. The molecule has 0 aromatic rings. The number of allylic oxidation sites excluding steroid dienone is 1. The monoisotopic (exact) mass is 331 g/mol. The fourth-order valence-electron chi connectivity index (χ4n) is 6.62. The quantitative estimate of drug-likeness (QED) is 0.271. The summed E-state index contributed by atoms with van der Waals surface area (Å²) in [6.07, 6.45) is 9.22. The summed E-state index contributed by atoms with van der Waals surface area (Å²) in [4.78, 5) is 12.4. The van der Waals surface area contributed by atoms with Crippen LogP contribution in [0.1, 0.15) is 58.8 Å². The van der Waals surface area contributed by atoms with Gasteiger partial charge < -0.3 is 9.94 Å². The molecule has 1 heterocycles. The maximum absolute atomic E-state index is 12.4. The molecule has 1 N–H and O–H groups in total. The first-order valence-electron chi connectivity index (χ1n) is 9.46. The van der Waals surface area contributed by atoms with Crippen LogP contribution in [0, 0.1) is 34.5 Å². The van der Waals surface area contributed by atoms with E-state index in [1.165, 1.54) is 5.57 Å². The summed E-state index contributed by atoms with van der Waals surface area (Å²) in [5, 5.41) is 12.8. The Bertz CT molecular complexity index is 600. The molecule has 24 heavy (non-hydrogen) atoms. The summed E-state index contributed by atoms with van der Waals surface area (Å²) in [5.41, 5.74) is 1.48. The number of carbonyl (C=O) groups is 1. The molecule has 0 unspecified atom stereocenters. The van der Waals surface area contributed by atoms with Crippen molar-refractivity contribution in [2.75, 3.05) is 0 Å². The number of oxime groups is 1. The molecule has 3 aliphatic carbocycles. The highest BCUT2D eigenvalue weighted by Gasteiger charge is 2.60. The van der Waals surface area contributed by atoms with Crippen LogP contribution in [0.3, 0.4) is 0 Å². The highest BCUT2D eigenvalue weighted by molar-refractivity contribution is 5.76. The number of esters is 1. The Kier molecular flexibility index (Phi) is 3.59. The average molecular weight is 331 g/mol. The van der Waals surface area contributed by atoms with Gasteiger partial charge in [-0.3, -0.25) is 4.79 Å². The lowest BCUT2D eigenvalue weighted by Gasteiger charge is -2.53. The second-order valence-corrected chi connectivity index (χ2v) is 9.04. The van der Waals surface area contributed by atoms with Crippen molar-refractivity contribution in [3.8, 4) is 0 Å². The third-order valence-corrected chi connectivity index (χ3v) is 8.24. The van der Waals surface area contributed by atoms with E-state index >= 15 is 0 Å². The fraction of sp³-hybridized carbons (Fsp3) is 0.800. The Labute approximate surface area is 144 Å². The van der Waals surface area contributed by atoms with E-state index in [9.17, 15) is 10.0 Å². The third-order valence-electron chi connectivity index (χ3n) is 8.24. The van der Waals surface area contributed by atoms with E-state index in [1.807, 2.05) is 0 Å².